The fourth-order valence-electron chi connectivity index (χ4n) is 3.91. The molecule has 0 radical (unpaired) electrons. The summed E-state index contributed by atoms with van der Waals surface area (Å²) in [6.45, 7) is 10.9. The molecule has 3 heterocycles. The number of thiophene rings is 1. The zero-order valence-corrected chi connectivity index (χ0v) is 25.5. The molecule has 0 saturated carbocycles. The highest BCUT2D eigenvalue weighted by atomic mass is 32.1. The minimum absolute atomic E-state index is 0.0304. The summed E-state index contributed by atoms with van der Waals surface area (Å²) in [5.74, 6) is -1.74. The molecular formula is C29H37N5O7S. The first-order chi connectivity index (χ1) is 19.8. The van der Waals surface area contributed by atoms with Gasteiger partial charge in [0.15, 0.2) is 5.65 Å². The number of aromatic amines is 1. The zero-order chi connectivity index (χ0) is 31.0. The molecule has 13 heteroatoms. The molecule has 3 N–H and O–H groups in total. The maximum Gasteiger partial charge on any atom is 0.328 e. The molecular weight excluding hydrogens is 562 g/mol. The van der Waals surface area contributed by atoms with Crippen molar-refractivity contribution >= 4 is 52.1 Å². The van der Waals surface area contributed by atoms with Crippen molar-refractivity contribution < 1.29 is 28.7 Å². The summed E-state index contributed by atoms with van der Waals surface area (Å²) in [5, 5.41) is 5.60. The predicted octanol–water partition coefficient (Wildman–Crippen LogP) is 3.46. The molecule has 0 aliphatic carbocycles. The molecule has 3 aromatic rings. The van der Waals surface area contributed by atoms with Crippen molar-refractivity contribution in [1.82, 2.24) is 20.3 Å². The van der Waals surface area contributed by atoms with E-state index in [2.05, 4.69) is 25.6 Å². The maximum atomic E-state index is 13.0. The number of esters is 2. The molecule has 226 valence electrons. The van der Waals surface area contributed by atoms with Crippen LogP contribution in [0.15, 0.2) is 23.1 Å². The number of aryl methyl sites for hydroxylation is 3. The van der Waals surface area contributed by atoms with Gasteiger partial charge in [0.05, 0.1) is 23.5 Å². The smallest absolute Gasteiger partial charge is 0.328 e. The van der Waals surface area contributed by atoms with Gasteiger partial charge >= 0.3 is 11.9 Å². The molecule has 0 aliphatic rings. The lowest BCUT2D eigenvalue weighted by Gasteiger charge is -2.16. The Morgan fingerprint density at radius 1 is 1.07 bits per heavy atom. The van der Waals surface area contributed by atoms with Gasteiger partial charge in [-0.25, -0.2) is 9.78 Å². The van der Waals surface area contributed by atoms with Crippen molar-refractivity contribution in [3.63, 3.8) is 0 Å². The Morgan fingerprint density at radius 2 is 1.79 bits per heavy atom. The van der Waals surface area contributed by atoms with Crippen molar-refractivity contribution in [2.45, 2.75) is 73.3 Å². The van der Waals surface area contributed by atoms with Gasteiger partial charge in [-0.2, -0.15) is 4.98 Å². The van der Waals surface area contributed by atoms with Crippen molar-refractivity contribution in [2.75, 3.05) is 18.5 Å². The van der Waals surface area contributed by atoms with E-state index in [0.29, 0.717) is 23.1 Å². The third-order valence-corrected chi connectivity index (χ3v) is 7.53. The molecule has 0 unspecified atom stereocenters. The number of aromatic nitrogens is 3. The van der Waals surface area contributed by atoms with E-state index >= 15 is 0 Å². The number of anilines is 1. The van der Waals surface area contributed by atoms with E-state index in [1.807, 2.05) is 6.92 Å². The van der Waals surface area contributed by atoms with Gasteiger partial charge in [-0.3, -0.25) is 29.5 Å². The molecule has 12 nitrogen and oxygen atoms in total. The van der Waals surface area contributed by atoms with Crippen LogP contribution in [0, 0.1) is 12.3 Å². The topological polar surface area (TPSA) is 169 Å². The molecule has 3 rings (SSSR count). The Kier molecular flexibility index (Phi) is 10.9. The molecule has 3 aromatic heterocycles. The SMILES string of the molecule is CCOC(=O)CC[C@H](NC(=O)c1cc(C)c(CCc2cnc3nc(NC(=O)C(C)(C)C)[nH]c(=O)c3c2)s1)C(=O)OCC. The van der Waals surface area contributed by atoms with Crippen LogP contribution in [0.1, 0.15) is 73.1 Å². The highest BCUT2D eigenvalue weighted by Gasteiger charge is 2.25. The number of carbonyl (C=O) groups is 4. The molecule has 0 aromatic carbocycles. The number of H-pyrrole nitrogens is 1. The van der Waals surface area contributed by atoms with Crippen LogP contribution in [0.3, 0.4) is 0 Å². The predicted molar refractivity (Wildman–Crippen MR) is 158 cm³/mol. The van der Waals surface area contributed by atoms with Crippen molar-refractivity contribution in [1.29, 1.82) is 0 Å². The Labute approximate surface area is 247 Å². The number of ether oxygens (including phenoxy) is 2. The molecule has 0 aliphatic heterocycles. The summed E-state index contributed by atoms with van der Waals surface area (Å²) >= 11 is 1.31. The van der Waals surface area contributed by atoms with E-state index in [1.54, 1.807) is 52.9 Å². The van der Waals surface area contributed by atoms with E-state index in [9.17, 15) is 24.0 Å². The second kappa shape index (κ2) is 14.2. The Bertz CT molecular complexity index is 1520. The van der Waals surface area contributed by atoms with Gasteiger partial charge in [0.25, 0.3) is 11.5 Å². The minimum Gasteiger partial charge on any atom is -0.466 e. The number of fused-ring (bicyclic) bond motifs is 1. The van der Waals surface area contributed by atoms with Crippen molar-refractivity contribution in [2.24, 2.45) is 5.41 Å². The summed E-state index contributed by atoms with van der Waals surface area (Å²) in [5.41, 5.74) is 0.872. The van der Waals surface area contributed by atoms with Gasteiger partial charge in [0.1, 0.15) is 6.04 Å². The van der Waals surface area contributed by atoms with Crippen LogP contribution in [0.4, 0.5) is 5.95 Å². The number of amides is 2. The number of hydrogen-bond acceptors (Lipinski definition) is 10. The van der Waals surface area contributed by atoms with Crippen LogP contribution in [-0.2, 0) is 36.7 Å². The van der Waals surface area contributed by atoms with Crippen molar-refractivity contribution in [3.8, 4) is 0 Å². The van der Waals surface area contributed by atoms with Gasteiger partial charge in [0, 0.05) is 22.9 Å². The fourth-order valence-corrected chi connectivity index (χ4v) is 4.99. The van der Waals surface area contributed by atoms with Gasteiger partial charge in [-0.05, 0) is 63.3 Å². The standard InChI is InChI=1S/C29H37N5O7S/c1-7-40-22(35)12-10-19(26(38)41-8-2)31-25(37)21-13-16(3)20(42-21)11-9-17-14-18-23(30-15-17)32-28(33-24(18)36)34-27(39)29(4,5)6/h13-15,19H,7-12H2,1-6H3,(H,31,37)(H2,30,32,33,34,36,39)/t19-/m0/s1. The van der Waals surface area contributed by atoms with E-state index in [4.69, 9.17) is 9.47 Å². The number of rotatable bonds is 12. The lowest BCUT2D eigenvalue weighted by molar-refractivity contribution is -0.146. The lowest BCUT2D eigenvalue weighted by atomic mass is 9.96. The van der Waals surface area contributed by atoms with Crippen LogP contribution in [0.5, 0.6) is 0 Å². The number of hydrogen-bond donors (Lipinski definition) is 3. The Morgan fingerprint density at radius 3 is 2.45 bits per heavy atom. The summed E-state index contributed by atoms with van der Waals surface area (Å²) in [7, 11) is 0. The van der Waals surface area contributed by atoms with Crippen LogP contribution < -0.4 is 16.2 Å². The first-order valence-electron chi connectivity index (χ1n) is 13.7. The number of carbonyl (C=O) groups excluding carboxylic acids is 4. The second-order valence-corrected chi connectivity index (χ2v) is 11.8. The maximum absolute atomic E-state index is 13.0. The van der Waals surface area contributed by atoms with Gasteiger partial charge < -0.3 is 14.8 Å². The highest BCUT2D eigenvalue weighted by Crippen LogP contribution is 2.24. The third kappa shape index (κ3) is 8.68. The summed E-state index contributed by atoms with van der Waals surface area (Å²) in [6.07, 6.45) is 2.81. The summed E-state index contributed by atoms with van der Waals surface area (Å²) in [6, 6.07) is 2.49. The van der Waals surface area contributed by atoms with Crippen LogP contribution in [0.25, 0.3) is 11.0 Å². The van der Waals surface area contributed by atoms with E-state index in [-0.39, 0.29) is 43.6 Å². The summed E-state index contributed by atoms with van der Waals surface area (Å²) < 4.78 is 9.99. The van der Waals surface area contributed by atoms with E-state index in [1.165, 1.54) is 11.3 Å². The second-order valence-electron chi connectivity index (χ2n) is 10.7. The number of nitrogens with zero attached hydrogens (tertiary/aromatic N) is 2. The minimum atomic E-state index is -0.981. The largest absolute Gasteiger partial charge is 0.466 e. The normalized spacial score (nSPS) is 12.0. The third-order valence-electron chi connectivity index (χ3n) is 6.23. The molecule has 1 atom stereocenters. The van der Waals surface area contributed by atoms with Gasteiger partial charge in [-0.1, -0.05) is 20.8 Å². The first kappa shape index (κ1) is 32.4. The monoisotopic (exact) mass is 599 g/mol. The van der Waals surface area contributed by atoms with Crippen LogP contribution >= 0.6 is 11.3 Å². The molecule has 0 saturated heterocycles. The molecule has 0 fully saturated rings. The Balaban J connectivity index is 1.69. The number of nitrogens with one attached hydrogen (secondary N) is 3. The van der Waals surface area contributed by atoms with Gasteiger partial charge in [0.2, 0.25) is 11.9 Å². The molecule has 0 spiro atoms. The number of pyridine rings is 1. The van der Waals surface area contributed by atoms with Crippen LogP contribution in [0.2, 0.25) is 0 Å². The lowest BCUT2D eigenvalue weighted by Crippen LogP contribution is -2.42. The average molecular weight is 600 g/mol. The molecule has 0 bridgehead atoms. The van der Waals surface area contributed by atoms with E-state index < -0.39 is 34.9 Å². The average Bonchev–Trinajstić information content (AvgIpc) is 3.30. The van der Waals surface area contributed by atoms with Crippen LogP contribution in [-0.4, -0.2) is 58.0 Å². The first-order valence-corrected chi connectivity index (χ1v) is 14.6. The van der Waals surface area contributed by atoms with Crippen molar-refractivity contribution in [3.05, 3.63) is 49.6 Å². The summed E-state index contributed by atoms with van der Waals surface area (Å²) in [4.78, 5) is 74.7. The zero-order valence-electron chi connectivity index (χ0n) is 24.7. The quantitative estimate of drug-likeness (QED) is 0.264. The van der Waals surface area contributed by atoms with E-state index in [0.717, 1.165) is 16.0 Å². The fraction of sp³-hybridized carbons (Fsp3) is 0.483. The molecule has 2 amide bonds. The highest BCUT2D eigenvalue weighted by molar-refractivity contribution is 7.14. The Hall–Kier alpha value is -4.13. The molecule has 42 heavy (non-hydrogen) atoms. The van der Waals surface area contributed by atoms with Gasteiger partial charge in [-0.15, -0.1) is 11.3 Å².